The average molecular weight is 341 g/mol. The van der Waals surface area contributed by atoms with Crippen molar-refractivity contribution < 1.29 is 9.72 Å². The van der Waals surface area contributed by atoms with Gasteiger partial charge in [-0.2, -0.15) is 0 Å². The topological polar surface area (TPSA) is 66.7 Å². The van der Waals surface area contributed by atoms with Crippen LogP contribution >= 0.6 is 0 Å². The molecule has 2 aromatic carbocycles. The van der Waals surface area contributed by atoms with Crippen LogP contribution in [-0.4, -0.2) is 36.4 Å². The standard InChI is InChI=1S/C19H23N3O3/c1-4-15-5-7-16(8-6-15)13-20(2)14-19(23)21(3)17-9-11-18(12-10-17)22(24)25/h5-12H,4,13-14H2,1-3H3. The number of hydrogen-bond donors (Lipinski definition) is 0. The van der Waals surface area contributed by atoms with E-state index in [1.165, 1.54) is 22.6 Å². The van der Waals surface area contributed by atoms with Gasteiger partial charge < -0.3 is 4.90 Å². The summed E-state index contributed by atoms with van der Waals surface area (Å²) in [5.74, 6) is -0.0680. The highest BCUT2D eigenvalue weighted by Gasteiger charge is 2.15. The molecule has 0 heterocycles. The Bertz CT molecular complexity index is 727. The minimum atomic E-state index is -0.455. The van der Waals surface area contributed by atoms with E-state index in [9.17, 15) is 14.9 Å². The van der Waals surface area contributed by atoms with E-state index in [0.717, 1.165) is 12.0 Å². The largest absolute Gasteiger partial charge is 0.314 e. The number of nitro benzene ring substituents is 1. The Hall–Kier alpha value is -2.73. The van der Waals surface area contributed by atoms with Crippen molar-refractivity contribution in [1.29, 1.82) is 0 Å². The first kappa shape index (κ1) is 18.6. The van der Waals surface area contributed by atoms with Gasteiger partial charge >= 0.3 is 0 Å². The van der Waals surface area contributed by atoms with E-state index in [0.29, 0.717) is 12.2 Å². The lowest BCUT2D eigenvalue weighted by Crippen LogP contribution is -2.36. The Morgan fingerprint density at radius 1 is 1.00 bits per heavy atom. The van der Waals surface area contributed by atoms with Crippen molar-refractivity contribution in [3.05, 3.63) is 69.8 Å². The van der Waals surface area contributed by atoms with Crippen LogP contribution in [0.2, 0.25) is 0 Å². The van der Waals surface area contributed by atoms with Crippen LogP contribution < -0.4 is 4.90 Å². The van der Waals surface area contributed by atoms with E-state index in [2.05, 4.69) is 31.2 Å². The fourth-order valence-corrected chi connectivity index (χ4v) is 2.53. The number of rotatable bonds is 7. The molecule has 0 aliphatic rings. The minimum Gasteiger partial charge on any atom is -0.314 e. The molecule has 0 saturated heterocycles. The quantitative estimate of drug-likeness (QED) is 0.573. The van der Waals surface area contributed by atoms with E-state index >= 15 is 0 Å². The molecular formula is C19H23N3O3. The fourth-order valence-electron chi connectivity index (χ4n) is 2.53. The van der Waals surface area contributed by atoms with E-state index in [1.807, 2.05) is 11.9 Å². The van der Waals surface area contributed by atoms with Gasteiger partial charge in [-0.05, 0) is 36.7 Å². The van der Waals surface area contributed by atoms with Crippen LogP contribution in [-0.2, 0) is 17.8 Å². The molecule has 25 heavy (non-hydrogen) atoms. The van der Waals surface area contributed by atoms with Gasteiger partial charge in [0, 0.05) is 31.4 Å². The molecule has 6 heteroatoms. The lowest BCUT2D eigenvalue weighted by atomic mass is 10.1. The Morgan fingerprint density at radius 3 is 2.08 bits per heavy atom. The predicted molar refractivity (Wildman–Crippen MR) is 98.7 cm³/mol. The normalized spacial score (nSPS) is 10.7. The Kier molecular flexibility index (Phi) is 6.25. The van der Waals surface area contributed by atoms with Crippen LogP contribution in [0, 0.1) is 10.1 Å². The zero-order chi connectivity index (χ0) is 18.4. The molecule has 2 aromatic rings. The van der Waals surface area contributed by atoms with Crippen LogP contribution in [0.15, 0.2) is 48.5 Å². The first-order valence-electron chi connectivity index (χ1n) is 8.18. The molecule has 0 aliphatic heterocycles. The number of anilines is 1. The van der Waals surface area contributed by atoms with Crippen molar-refractivity contribution in [2.45, 2.75) is 19.9 Å². The van der Waals surface area contributed by atoms with Crippen molar-refractivity contribution in [1.82, 2.24) is 4.90 Å². The molecule has 0 spiro atoms. The summed E-state index contributed by atoms with van der Waals surface area (Å²) in [5, 5.41) is 10.7. The molecule has 1 amide bonds. The molecule has 0 radical (unpaired) electrons. The van der Waals surface area contributed by atoms with Gasteiger partial charge in [0.15, 0.2) is 0 Å². The zero-order valence-electron chi connectivity index (χ0n) is 14.8. The van der Waals surface area contributed by atoms with Gasteiger partial charge in [0.2, 0.25) is 5.91 Å². The predicted octanol–water partition coefficient (Wildman–Crippen LogP) is 3.25. The number of aryl methyl sites for hydroxylation is 1. The second kappa shape index (κ2) is 8.39. The van der Waals surface area contributed by atoms with Crippen molar-refractivity contribution in [2.24, 2.45) is 0 Å². The third-order valence-electron chi connectivity index (χ3n) is 4.11. The Balaban J connectivity index is 1.93. The highest BCUT2D eigenvalue weighted by Crippen LogP contribution is 2.18. The van der Waals surface area contributed by atoms with Gasteiger partial charge in [-0.3, -0.25) is 19.8 Å². The van der Waals surface area contributed by atoms with Crippen molar-refractivity contribution in [2.75, 3.05) is 25.5 Å². The molecule has 0 unspecified atom stereocenters. The lowest BCUT2D eigenvalue weighted by molar-refractivity contribution is -0.384. The number of amides is 1. The zero-order valence-corrected chi connectivity index (χ0v) is 14.8. The van der Waals surface area contributed by atoms with E-state index in [1.54, 1.807) is 19.2 Å². The number of carbonyl (C=O) groups excluding carboxylic acids is 1. The van der Waals surface area contributed by atoms with E-state index in [4.69, 9.17) is 0 Å². The third kappa shape index (κ3) is 5.12. The fraction of sp³-hybridized carbons (Fsp3) is 0.316. The number of benzene rings is 2. The summed E-state index contributed by atoms with van der Waals surface area (Å²) in [6.45, 7) is 3.07. The summed E-state index contributed by atoms with van der Waals surface area (Å²) in [5.41, 5.74) is 3.10. The number of hydrogen-bond acceptors (Lipinski definition) is 4. The molecule has 0 bridgehead atoms. The van der Waals surface area contributed by atoms with Crippen molar-refractivity contribution in [3.63, 3.8) is 0 Å². The first-order valence-corrected chi connectivity index (χ1v) is 8.18. The summed E-state index contributed by atoms with van der Waals surface area (Å²) in [7, 11) is 3.57. The molecule has 0 fully saturated rings. The Morgan fingerprint density at radius 2 is 1.56 bits per heavy atom. The maximum absolute atomic E-state index is 12.4. The third-order valence-corrected chi connectivity index (χ3v) is 4.11. The SMILES string of the molecule is CCc1ccc(CN(C)CC(=O)N(C)c2ccc([N+](=O)[O-])cc2)cc1. The van der Waals surface area contributed by atoms with Gasteiger partial charge in [0.05, 0.1) is 11.5 Å². The van der Waals surface area contributed by atoms with Gasteiger partial charge in [-0.15, -0.1) is 0 Å². The molecular weight excluding hydrogens is 318 g/mol. The molecule has 132 valence electrons. The second-order valence-electron chi connectivity index (χ2n) is 6.07. The van der Waals surface area contributed by atoms with Gasteiger partial charge in [-0.25, -0.2) is 0 Å². The molecule has 2 rings (SSSR count). The first-order chi connectivity index (χ1) is 11.9. The summed E-state index contributed by atoms with van der Waals surface area (Å²) in [4.78, 5) is 26.1. The highest BCUT2D eigenvalue weighted by atomic mass is 16.6. The molecule has 0 saturated carbocycles. The molecule has 6 nitrogen and oxygen atoms in total. The molecule has 0 atom stereocenters. The van der Waals surface area contributed by atoms with Gasteiger partial charge in [0.1, 0.15) is 0 Å². The smallest absolute Gasteiger partial charge is 0.269 e. The van der Waals surface area contributed by atoms with Crippen LogP contribution in [0.5, 0.6) is 0 Å². The average Bonchev–Trinajstić information content (AvgIpc) is 2.61. The van der Waals surface area contributed by atoms with Crippen LogP contribution in [0.25, 0.3) is 0 Å². The summed E-state index contributed by atoms with van der Waals surface area (Å²) in [6.07, 6.45) is 1.01. The number of nitro groups is 1. The van der Waals surface area contributed by atoms with Crippen LogP contribution in [0.3, 0.4) is 0 Å². The molecule has 0 aromatic heterocycles. The number of carbonyl (C=O) groups is 1. The summed E-state index contributed by atoms with van der Waals surface area (Å²) >= 11 is 0. The van der Waals surface area contributed by atoms with E-state index in [-0.39, 0.29) is 18.1 Å². The van der Waals surface area contributed by atoms with Crippen LogP contribution in [0.4, 0.5) is 11.4 Å². The maximum atomic E-state index is 12.4. The van der Waals surface area contributed by atoms with Crippen molar-refractivity contribution in [3.8, 4) is 0 Å². The molecule has 0 N–H and O–H groups in total. The Labute approximate surface area is 147 Å². The second-order valence-corrected chi connectivity index (χ2v) is 6.07. The lowest BCUT2D eigenvalue weighted by Gasteiger charge is -2.22. The minimum absolute atomic E-state index is 0.0113. The molecule has 0 aliphatic carbocycles. The highest BCUT2D eigenvalue weighted by molar-refractivity contribution is 5.94. The van der Waals surface area contributed by atoms with E-state index < -0.39 is 4.92 Å². The van der Waals surface area contributed by atoms with Gasteiger partial charge in [0.25, 0.3) is 5.69 Å². The summed E-state index contributed by atoms with van der Waals surface area (Å²) < 4.78 is 0. The maximum Gasteiger partial charge on any atom is 0.269 e. The van der Waals surface area contributed by atoms with Crippen molar-refractivity contribution >= 4 is 17.3 Å². The number of likely N-dealkylation sites (N-methyl/N-ethyl adjacent to an activating group) is 2. The number of nitrogens with zero attached hydrogens (tertiary/aromatic N) is 3. The van der Waals surface area contributed by atoms with Crippen LogP contribution in [0.1, 0.15) is 18.1 Å². The van der Waals surface area contributed by atoms with Gasteiger partial charge in [-0.1, -0.05) is 31.2 Å². The number of non-ortho nitro benzene ring substituents is 1. The monoisotopic (exact) mass is 341 g/mol. The summed E-state index contributed by atoms with van der Waals surface area (Å²) in [6, 6.07) is 14.3.